The Bertz CT molecular complexity index is 2200. The summed E-state index contributed by atoms with van der Waals surface area (Å²) in [7, 11) is 0. The molecular formula is C40H26N8. The molecule has 0 aliphatic heterocycles. The average molecular weight is 619 g/mol. The van der Waals surface area contributed by atoms with Gasteiger partial charge in [-0.25, -0.2) is 39.9 Å². The Kier molecular flexibility index (Phi) is 7.70. The standard InChI is InChI=1S/C40H26N8/c1-5-13-27(14-6-1)35-43-36(28-15-7-2-8-16-28)45-39(44-35)32-23-21-31(22-24-32)34-41-26-25-33(42-34)40-47-37(29-17-9-3-10-18-29)46-38(48-40)30-19-11-4-12-20-30/h1-26H. The third-order valence-corrected chi connectivity index (χ3v) is 7.68. The largest absolute Gasteiger partial charge is 0.237 e. The number of hydrogen-bond donors (Lipinski definition) is 0. The van der Waals surface area contributed by atoms with Gasteiger partial charge in [0.05, 0.1) is 0 Å². The van der Waals surface area contributed by atoms with Gasteiger partial charge in [-0.15, -0.1) is 0 Å². The van der Waals surface area contributed by atoms with Gasteiger partial charge in [0.2, 0.25) is 0 Å². The van der Waals surface area contributed by atoms with Gasteiger partial charge in [0.1, 0.15) is 5.69 Å². The zero-order valence-electron chi connectivity index (χ0n) is 25.6. The van der Waals surface area contributed by atoms with E-state index in [2.05, 4.69) is 4.98 Å². The molecular weight excluding hydrogens is 592 g/mol. The molecule has 0 saturated carbocycles. The summed E-state index contributed by atoms with van der Waals surface area (Å²) < 4.78 is 0. The average Bonchev–Trinajstić information content (AvgIpc) is 3.19. The van der Waals surface area contributed by atoms with Gasteiger partial charge >= 0.3 is 0 Å². The van der Waals surface area contributed by atoms with Gasteiger partial charge in [0.15, 0.2) is 40.8 Å². The third kappa shape index (κ3) is 6.05. The molecule has 0 spiro atoms. The molecule has 8 aromatic rings. The van der Waals surface area contributed by atoms with E-state index in [0.717, 1.165) is 33.4 Å². The molecule has 8 rings (SSSR count). The number of rotatable bonds is 7. The van der Waals surface area contributed by atoms with Crippen LogP contribution in [-0.2, 0) is 0 Å². The minimum absolute atomic E-state index is 0.468. The van der Waals surface area contributed by atoms with E-state index in [1.54, 1.807) is 6.20 Å². The van der Waals surface area contributed by atoms with E-state index in [-0.39, 0.29) is 0 Å². The zero-order valence-corrected chi connectivity index (χ0v) is 25.6. The van der Waals surface area contributed by atoms with E-state index in [1.165, 1.54) is 0 Å². The van der Waals surface area contributed by atoms with Gasteiger partial charge in [-0.1, -0.05) is 146 Å². The SMILES string of the molecule is c1ccc(-c2nc(-c3ccccc3)nc(-c3ccc(-c4nccc(-c5nc(-c6ccccc6)nc(-c6ccccc6)n5)n4)cc3)n2)cc1. The van der Waals surface area contributed by atoms with Crippen molar-refractivity contribution in [3.63, 3.8) is 0 Å². The molecule has 8 nitrogen and oxygen atoms in total. The predicted molar refractivity (Wildman–Crippen MR) is 187 cm³/mol. The van der Waals surface area contributed by atoms with Crippen molar-refractivity contribution in [2.45, 2.75) is 0 Å². The number of aromatic nitrogens is 8. The first kappa shape index (κ1) is 28.7. The van der Waals surface area contributed by atoms with Crippen LogP contribution in [0.1, 0.15) is 0 Å². The van der Waals surface area contributed by atoms with Gasteiger partial charge in [-0.05, 0) is 6.07 Å². The van der Waals surface area contributed by atoms with E-state index in [9.17, 15) is 0 Å². The molecule has 0 bridgehead atoms. The second-order valence-corrected chi connectivity index (χ2v) is 10.9. The minimum Gasteiger partial charge on any atom is -0.237 e. The highest BCUT2D eigenvalue weighted by Gasteiger charge is 2.15. The van der Waals surface area contributed by atoms with Gasteiger partial charge in [0.25, 0.3) is 0 Å². The van der Waals surface area contributed by atoms with Crippen molar-refractivity contribution in [2.24, 2.45) is 0 Å². The van der Waals surface area contributed by atoms with Crippen molar-refractivity contribution in [1.82, 2.24) is 39.9 Å². The van der Waals surface area contributed by atoms with E-state index in [1.807, 2.05) is 152 Å². The lowest BCUT2D eigenvalue weighted by Gasteiger charge is -2.09. The van der Waals surface area contributed by atoms with Gasteiger partial charge in [-0.2, -0.15) is 0 Å². The number of benzene rings is 5. The molecule has 0 unspecified atom stereocenters. The van der Waals surface area contributed by atoms with Gasteiger partial charge in [-0.3, -0.25) is 0 Å². The summed E-state index contributed by atoms with van der Waals surface area (Å²) in [5, 5.41) is 0. The summed E-state index contributed by atoms with van der Waals surface area (Å²) in [5.74, 6) is 3.97. The molecule has 0 atom stereocenters. The summed E-state index contributed by atoms with van der Waals surface area (Å²) in [6.45, 7) is 0. The van der Waals surface area contributed by atoms with Crippen LogP contribution in [0.5, 0.6) is 0 Å². The third-order valence-electron chi connectivity index (χ3n) is 7.68. The smallest absolute Gasteiger partial charge is 0.182 e. The lowest BCUT2D eigenvalue weighted by Crippen LogP contribution is -2.02. The Labute approximate surface area is 277 Å². The first-order valence-electron chi connectivity index (χ1n) is 15.4. The Morgan fingerprint density at radius 2 is 0.521 bits per heavy atom. The second kappa shape index (κ2) is 12.9. The maximum absolute atomic E-state index is 4.89. The van der Waals surface area contributed by atoms with E-state index < -0.39 is 0 Å². The molecule has 48 heavy (non-hydrogen) atoms. The van der Waals surface area contributed by atoms with Crippen LogP contribution in [0.2, 0.25) is 0 Å². The van der Waals surface area contributed by atoms with Crippen LogP contribution in [-0.4, -0.2) is 39.9 Å². The summed E-state index contributed by atoms with van der Waals surface area (Å²) in [6.07, 6.45) is 1.73. The zero-order chi connectivity index (χ0) is 32.1. The van der Waals surface area contributed by atoms with Crippen LogP contribution in [0.15, 0.2) is 158 Å². The minimum atomic E-state index is 0.468. The first-order chi connectivity index (χ1) is 23.8. The van der Waals surface area contributed by atoms with Crippen LogP contribution in [0.25, 0.3) is 79.8 Å². The summed E-state index contributed by atoms with van der Waals surface area (Å²) in [5.41, 5.74) is 5.91. The van der Waals surface area contributed by atoms with E-state index in [4.69, 9.17) is 34.9 Å². The van der Waals surface area contributed by atoms with Crippen LogP contribution in [0, 0.1) is 0 Å². The van der Waals surface area contributed by atoms with E-state index in [0.29, 0.717) is 46.5 Å². The Hall–Kier alpha value is -6.80. The van der Waals surface area contributed by atoms with Crippen LogP contribution in [0.3, 0.4) is 0 Å². The molecule has 226 valence electrons. The predicted octanol–water partition coefficient (Wildman–Crippen LogP) is 8.52. The van der Waals surface area contributed by atoms with Crippen molar-refractivity contribution < 1.29 is 0 Å². The second-order valence-electron chi connectivity index (χ2n) is 10.9. The van der Waals surface area contributed by atoms with Crippen LogP contribution < -0.4 is 0 Å². The molecule has 5 aromatic carbocycles. The highest BCUT2D eigenvalue weighted by atomic mass is 15.1. The highest BCUT2D eigenvalue weighted by Crippen LogP contribution is 2.28. The highest BCUT2D eigenvalue weighted by molar-refractivity contribution is 5.70. The lowest BCUT2D eigenvalue weighted by atomic mass is 10.1. The van der Waals surface area contributed by atoms with Gasteiger partial charge < -0.3 is 0 Å². The summed E-state index contributed by atoms with van der Waals surface area (Å²) in [6, 6.07) is 49.3. The Balaban J connectivity index is 1.16. The molecule has 0 fully saturated rings. The molecule has 3 aromatic heterocycles. The maximum Gasteiger partial charge on any atom is 0.182 e. The lowest BCUT2D eigenvalue weighted by molar-refractivity contribution is 1.05. The maximum atomic E-state index is 4.89. The summed E-state index contributed by atoms with van der Waals surface area (Å²) in [4.78, 5) is 38.4. The van der Waals surface area contributed by atoms with Crippen LogP contribution in [0.4, 0.5) is 0 Å². The first-order valence-corrected chi connectivity index (χ1v) is 15.4. The van der Waals surface area contributed by atoms with Gasteiger partial charge in [0, 0.05) is 39.6 Å². The number of hydrogen-bond acceptors (Lipinski definition) is 8. The fourth-order valence-corrected chi connectivity index (χ4v) is 5.25. The number of nitrogens with zero attached hydrogens (tertiary/aromatic N) is 8. The topological polar surface area (TPSA) is 103 Å². The Morgan fingerprint density at radius 1 is 0.229 bits per heavy atom. The summed E-state index contributed by atoms with van der Waals surface area (Å²) >= 11 is 0. The molecule has 0 saturated heterocycles. The molecule has 0 aliphatic carbocycles. The fraction of sp³-hybridized carbons (Fsp3) is 0. The fourth-order valence-electron chi connectivity index (χ4n) is 5.25. The molecule has 0 amide bonds. The molecule has 3 heterocycles. The van der Waals surface area contributed by atoms with Crippen LogP contribution >= 0.6 is 0 Å². The molecule has 8 heteroatoms. The normalized spacial score (nSPS) is 10.9. The molecule has 0 radical (unpaired) electrons. The van der Waals surface area contributed by atoms with Crippen molar-refractivity contribution in [2.75, 3.05) is 0 Å². The van der Waals surface area contributed by atoms with Crippen molar-refractivity contribution in [1.29, 1.82) is 0 Å². The van der Waals surface area contributed by atoms with Crippen molar-refractivity contribution >= 4 is 0 Å². The van der Waals surface area contributed by atoms with Crippen molar-refractivity contribution in [3.05, 3.63) is 158 Å². The van der Waals surface area contributed by atoms with Crippen molar-refractivity contribution in [3.8, 4) is 79.8 Å². The Morgan fingerprint density at radius 3 is 0.875 bits per heavy atom. The van der Waals surface area contributed by atoms with E-state index >= 15 is 0 Å². The molecule has 0 aliphatic rings. The monoisotopic (exact) mass is 618 g/mol. The molecule has 0 N–H and O–H groups in total. The quantitative estimate of drug-likeness (QED) is 0.175.